The number of carbonyl (C=O) groups excluding carboxylic acids is 1. The smallest absolute Gasteiger partial charge is 0.276 e. The van der Waals surface area contributed by atoms with Crippen molar-refractivity contribution in [2.75, 3.05) is 19.1 Å². The molecule has 0 atom stereocenters. The zero-order chi connectivity index (χ0) is 16.2. The van der Waals surface area contributed by atoms with Gasteiger partial charge >= 0.3 is 0 Å². The van der Waals surface area contributed by atoms with Crippen molar-refractivity contribution >= 4 is 11.6 Å². The molecule has 0 saturated heterocycles. The van der Waals surface area contributed by atoms with Crippen molar-refractivity contribution in [1.82, 2.24) is 9.97 Å². The molecule has 2 aromatic carbocycles. The van der Waals surface area contributed by atoms with Crippen LogP contribution in [0.15, 0.2) is 60.8 Å². The highest BCUT2D eigenvalue weighted by atomic mass is 16.5. The summed E-state index contributed by atoms with van der Waals surface area (Å²) in [6.07, 6.45) is 1.56. The number of methoxy groups -OCH3 is 1. The van der Waals surface area contributed by atoms with Crippen molar-refractivity contribution in [1.29, 1.82) is 0 Å². The summed E-state index contributed by atoms with van der Waals surface area (Å²) in [6, 6.07) is 17.0. The lowest BCUT2D eigenvalue weighted by Crippen LogP contribution is -2.26. The van der Waals surface area contributed by atoms with Gasteiger partial charge in [0.25, 0.3) is 5.91 Å². The number of H-pyrrole nitrogens is 1. The predicted molar refractivity (Wildman–Crippen MR) is 89.8 cm³/mol. The molecule has 0 aliphatic carbocycles. The topological polar surface area (TPSA) is 58.2 Å². The van der Waals surface area contributed by atoms with Gasteiger partial charge in [0.2, 0.25) is 0 Å². The quantitative estimate of drug-likeness (QED) is 0.804. The maximum Gasteiger partial charge on any atom is 0.276 e. The van der Waals surface area contributed by atoms with E-state index in [-0.39, 0.29) is 5.91 Å². The second-order valence-corrected chi connectivity index (χ2v) is 5.07. The molecular weight excluding hydrogens is 290 g/mol. The summed E-state index contributed by atoms with van der Waals surface area (Å²) in [6.45, 7) is 0. The van der Waals surface area contributed by atoms with Gasteiger partial charge in [-0.3, -0.25) is 4.79 Å². The van der Waals surface area contributed by atoms with Gasteiger partial charge in [0.15, 0.2) is 0 Å². The first-order valence-corrected chi connectivity index (χ1v) is 7.21. The molecule has 5 heteroatoms. The second-order valence-electron chi connectivity index (χ2n) is 5.07. The molecule has 5 nitrogen and oxygen atoms in total. The SMILES string of the molecule is COc1ccc(N(C)C(=O)c2cnc(-c3ccccc3)[nH]2)cc1. The fourth-order valence-electron chi connectivity index (χ4n) is 2.28. The Morgan fingerprint density at radius 2 is 1.78 bits per heavy atom. The van der Waals surface area contributed by atoms with Gasteiger partial charge in [-0.2, -0.15) is 0 Å². The van der Waals surface area contributed by atoms with E-state index in [1.54, 1.807) is 25.3 Å². The molecule has 0 unspecified atom stereocenters. The molecule has 0 aliphatic rings. The van der Waals surface area contributed by atoms with Crippen LogP contribution in [-0.4, -0.2) is 30.0 Å². The number of aromatic nitrogens is 2. The van der Waals surface area contributed by atoms with Crippen molar-refractivity contribution in [2.24, 2.45) is 0 Å². The number of hydrogen-bond donors (Lipinski definition) is 1. The first-order chi connectivity index (χ1) is 11.2. The molecule has 1 heterocycles. The molecule has 1 amide bonds. The van der Waals surface area contributed by atoms with Crippen LogP contribution in [0.1, 0.15) is 10.5 Å². The van der Waals surface area contributed by atoms with E-state index in [4.69, 9.17) is 4.74 Å². The number of ether oxygens (including phenoxy) is 1. The largest absolute Gasteiger partial charge is 0.497 e. The van der Waals surface area contributed by atoms with Crippen LogP contribution in [-0.2, 0) is 0 Å². The summed E-state index contributed by atoms with van der Waals surface area (Å²) < 4.78 is 5.13. The summed E-state index contributed by atoms with van der Waals surface area (Å²) in [7, 11) is 3.34. The first-order valence-electron chi connectivity index (χ1n) is 7.21. The minimum Gasteiger partial charge on any atom is -0.497 e. The van der Waals surface area contributed by atoms with E-state index >= 15 is 0 Å². The third kappa shape index (κ3) is 3.08. The molecule has 3 aromatic rings. The van der Waals surface area contributed by atoms with E-state index in [1.165, 1.54) is 0 Å². The summed E-state index contributed by atoms with van der Waals surface area (Å²) in [4.78, 5) is 21.5. The van der Waals surface area contributed by atoms with E-state index < -0.39 is 0 Å². The minimum absolute atomic E-state index is 0.148. The lowest BCUT2D eigenvalue weighted by molar-refractivity contribution is 0.0989. The van der Waals surface area contributed by atoms with Gasteiger partial charge in [-0.25, -0.2) is 4.98 Å². The Kier molecular flexibility index (Phi) is 4.10. The standard InChI is InChI=1S/C18H17N3O2/c1-21(14-8-10-15(23-2)11-9-14)18(22)16-12-19-17(20-16)13-6-4-3-5-7-13/h3-12H,1-2H3,(H,19,20). The monoisotopic (exact) mass is 307 g/mol. The van der Waals surface area contributed by atoms with E-state index in [9.17, 15) is 4.79 Å². The Morgan fingerprint density at radius 1 is 1.09 bits per heavy atom. The van der Waals surface area contributed by atoms with Crippen LogP contribution in [0.4, 0.5) is 5.69 Å². The molecule has 1 aromatic heterocycles. The van der Waals surface area contributed by atoms with Gasteiger partial charge in [-0.05, 0) is 24.3 Å². The highest BCUT2D eigenvalue weighted by molar-refractivity contribution is 6.04. The van der Waals surface area contributed by atoms with Crippen LogP contribution in [0.5, 0.6) is 5.75 Å². The maximum atomic E-state index is 12.6. The molecular formula is C18H17N3O2. The number of carbonyl (C=O) groups is 1. The van der Waals surface area contributed by atoms with Crippen molar-refractivity contribution in [3.05, 3.63) is 66.5 Å². The Labute approximate surface area is 134 Å². The van der Waals surface area contributed by atoms with E-state index in [2.05, 4.69) is 9.97 Å². The molecule has 0 spiro atoms. The summed E-state index contributed by atoms with van der Waals surface area (Å²) in [5.41, 5.74) is 2.17. The van der Waals surface area contributed by atoms with Gasteiger partial charge in [0.1, 0.15) is 17.3 Å². The molecule has 0 bridgehead atoms. The summed E-state index contributed by atoms with van der Waals surface area (Å²) in [5, 5.41) is 0. The molecule has 23 heavy (non-hydrogen) atoms. The predicted octanol–water partition coefficient (Wildman–Crippen LogP) is 3.36. The third-order valence-corrected chi connectivity index (χ3v) is 3.62. The van der Waals surface area contributed by atoms with Gasteiger partial charge in [0, 0.05) is 18.3 Å². The van der Waals surface area contributed by atoms with Gasteiger partial charge in [0.05, 0.1) is 13.3 Å². The van der Waals surface area contributed by atoms with Crippen molar-refractivity contribution < 1.29 is 9.53 Å². The molecule has 0 saturated carbocycles. The first kappa shape index (κ1) is 14.8. The third-order valence-electron chi connectivity index (χ3n) is 3.62. The van der Waals surface area contributed by atoms with Gasteiger partial charge < -0.3 is 14.6 Å². The summed E-state index contributed by atoms with van der Waals surface area (Å²) in [5.74, 6) is 1.28. The lowest BCUT2D eigenvalue weighted by Gasteiger charge is -2.16. The zero-order valence-electron chi connectivity index (χ0n) is 13.0. The average molecular weight is 307 g/mol. The Balaban J connectivity index is 1.81. The number of imidazole rings is 1. The van der Waals surface area contributed by atoms with Crippen LogP contribution in [0.25, 0.3) is 11.4 Å². The number of hydrogen-bond acceptors (Lipinski definition) is 3. The normalized spacial score (nSPS) is 10.3. The fraction of sp³-hybridized carbons (Fsp3) is 0.111. The molecule has 0 fully saturated rings. The van der Waals surface area contributed by atoms with Crippen molar-refractivity contribution in [3.8, 4) is 17.1 Å². The maximum absolute atomic E-state index is 12.6. The zero-order valence-corrected chi connectivity index (χ0v) is 13.0. The second kappa shape index (κ2) is 6.36. The number of amides is 1. The minimum atomic E-state index is -0.148. The number of aromatic amines is 1. The number of benzene rings is 2. The number of anilines is 1. The molecule has 0 aliphatic heterocycles. The molecule has 1 N–H and O–H groups in total. The van der Waals surface area contributed by atoms with Crippen LogP contribution in [0.2, 0.25) is 0 Å². The molecule has 0 radical (unpaired) electrons. The number of nitrogens with one attached hydrogen (secondary N) is 1. The average Bonchev–Trinajstić information content (AvgIpc) is 3.11. The van der Waals surface area contributed by atoms with E-state index in [0.717, 1.165) is 17.0 Å². The van der Waals surface area contributed by atoms with E-state index in [1.807, 2.05) is 54.6 Å². The van der Waals surface area contributed by atoms with Crippen LogP contribution < -0.4 is 9.64 Å². The van der Waals surface area contributed by atoms with Crippen LogP contribution in [0, 0.1) is 0 Å². The Morgan fingerprint density at radius 3 is 2.43 bits per heavy atom. The fourth-order valence-corrected chi connectivity index (χ4v) is 2.28. The Bertz CT molecular complexity index is 795. The summed E-state index contributed by atoms with van der Waals surface area (Å²) >= 11 is 0. The van der Waals surface area contributed by atoms with Gasteiger partial charge in [-0.1, -0.05) is 30.3 Å². The van der Waals surface area contributed by atoms with Crippen LogP contribution in [0.3, 0.4) is 0 Å². The lowest BCUT2D eigenvalue weighted by atomic mass is 10.2. The van der Waals surface area contributed by atoms with Crippen molar-refractivity contribution in [3.63, 3.8) is 0 Å². The Hall–Kier alpha value is -3.08. The van der Waals surface area contributed by atoms with Crippen molar-refractivity contribution in [2.45, 2.75) is 0 Å². The molecule has 3 rings (SSSR count). The highest BCUT2D eigenvalue weighted by Crippen LogP contribution is 2.20. The van der Waals surface area contributed by atoms with Crippen LogP contribution >= 0.6 is 0 Å². The highest BCUT2D eigenvalue weighted by Gasteiger charge is 2.16. The van der Waals surface area contributed by atoms with E-state index in [0.29, 0.717) is 11.5 Å². The number of rotatable bonds is 4. The number of nitrogens with zero attached hydrogens (tertiary/aromatic N) is 2. The molecule has 116 valence electrons. The van der Waals surface area contributed by atoms with Gasteiger partial charge in [-0.15, -0.1) is 0 Å².